The molecule has 0 aliphatic carbocycles. The normalized spacial score (nSPS) is 11.5. The molecule has 0 saturated heterocycles. The molecule has 0 saturated carbocycles. The Bertz CT molecular complexity index is 1110. The Labute approximate surface area is 188 Å². The van der Waals surface area contributed by atoms with E-state index in [4.69, 9.17) is 32.6 Å². The Balaban J connectivity index is 1.68. The van der Waals surface area contributed by atoms with Crippen LogP contribution < -0.4 is 4.74 Å². The van der Waals surface area contributed by atoms with Crippen molar-refractivity contribution in [2.24, 2.45) is 5.16 Å². The highest BCUT2D eigenvalue weighted by atomic mass is 79.9. The van der Waals surface area contributed by atoms with E-state index in [0.717, 1.165) is 0 Å². The molecule has 0 aliphatic rings. The van der Waals surface area contributed by atoms with E-state index < -0.39 is 5.82 Å². The highest BCUT2D eigenvalue weighted by Gasteiger charge is 2.21. The minimum Gasteiger partial charge on any atom is -0.484 e. The van der Waals surface area contributed by atoms with Gasteiger partial charge in [0.05, 0.1) is 15.9 Å². The molecule has 0 amide bonds. The molecule has 1 aromatic heterocycles. The number of carbonyl (C=O) groups is 1. The Morgan fingerprint density at radius 2 is 2.03 bits per heavy atom. The first-order valence-corrected chi connectivity index (χ1v) is 9.99. The summed E-state index contributed by atoms with van der Waals surface area (Å²) in [5.41, 5.74) is 1.05. The Morgan fingerprint density at radius 3 is 2.77 bits per heavy atom. The summed E-state index contributed by atoms with van der Waals surface area (Å²) < 4.78 is 23.8. The molecule has 1 N–H and O–H groups in total. The van der Waals surface area contributed by atoms with Gasteiger partial charge in [-0.25, -0.2) is 9.02 Å². The molecule has 3 aromatic rings. The fraction of sp³-hybridized carbons (Fsp3) is 0.158. The van der Waals surface area contributed by atoms with Crippen molar-refractivity contribution < 1.29 is 23.8 Å². The maximum atomic E-state index is 13.4. The maximum absolute atomic E-state index is 13.4. The second kappa shape index (κ2) is 10.0. The molecule has 0 radical (unpaired) electrons. The molecule has 30 heavy (non-hydrogen) atoms. The number of hydrogen-bond acceptors (Lipinski definition) is 7. The van der Waals surface area contributed by atoms with E-state index in [1.165, 1.54) is 12.1 Å². The predicted octanol–water partition coefficient (Wildman–Crippen LogP) is 4.89. The van der Waals surface area contributed by atoms with E-state index in [1.54, 1.807) is 24.3 Å². The fourth-order valence-electron chi connectivity index (χ4n) is 2.54. The molecule has 2 aromatic carbocycles. The van der Waals surface area contributed by atoms with Crippen molar-refractivity contribution in [1.82, 2.24) is 10.3 Å². The number of hydrogen-bond donors (Lipinski definition) is 1. The molecule has 156 valence electrons. The van der Waals surface area contributed by atoms with Crippen LogP contribution in [-0.2, 0) is 17.6 Å². The number of ketones is 1. The van der Waals surface area contributed by atoms with Crippen LogP contribution >= 0.6 is 39.1 Å². The molecule has 0 bridgehead atoms. The molecule has 11 heteroatoms. The Kier molecular flexibility index (Phi) is 7.41. The van der Waals surface area contributed by atoms with Gasteiger partial charge in [-0.05, 0) is 50.9 Å². The van der Waals surface area contributed by atoms with Gasteiger partial charge in [0, 0.05) is 6.42 Å². The van der Waals surface area contributed by atoms with Gasteiger partial charge >= 0.3 is 0 Å². The average Bonchev–Trinajstić information content (AvgIpc) is 3.17. The van der Waals surface area contributed by atoms with Gasteiger partial charge in [0.2, 0.25) is 0 Å². The van der Waals surface area contributed by atoms with Gasteiger partial charge in [-0.3, -0.25) is 4.79 Å². The number of nitrogens with zero attached hydrogens (tertiary/aromatic N) is 3. The molecular formula is C19H13BrCl2FN3O4. The van der Waals surface area contributed by atoms with Crippen LogP contribution in [0.4, 0.5) is 4.39 Å². The fourth-order valence-corrected chi connectivity index (χ4v) is 3.32. The highest BCUT2D eigenvalue weighted by molar-refractivity contribution is 9.10. The number of oxime groups is 1. The number of aromatic nitrogens is 2. The zero-order valence-electron chi connectivity index (χ0n) is 15.1. The van der Waals surface area contributed by atoms with Crippen molar-refractivity contribution >= 4 is 50.6 Å². The molecule has 0 fully saturated rings. The van der Waals surface area contributed by atoms with Gasteiger partial charge < -0.3 is 9.94 Å². The first kappa shape index (κ1) is 22.2. The van der Waals surface area contributed by atoms with Crippen molar-refractivity contribution in [3.05, 3.63) is 73.7 Å². The average molecular weight is 517 g/mol. The SMILES string of the molecule is O=C(COc1cccc(Cl)c1Cl)Cc1nonc1C(Cc1ccc(F)c(Br)c1)=NO. The number of halogens is 4. The van der Waals surface area contributed by atoms with Crippen LogP contribution in [0.5, 0.6) is 5.75 Å². The molecule has 7 nitrogen and oxygen atoms in total. The van der Waals surface area contributed by atoms with Gasteiger partial charge in [0.1, 0.15) is 34.6 Å². The van der Waals surface area contributed by atoms with Gasteiger partial charge in [-0.2, -0.15) is 0 Å². The molecule has 0 spiro atoms. The monoisotopic (exact) mass is 515 g/mol. The third-order valence-corrected chi connectivity index (χ3v) is 5.38. The second-order valence-electron chi connectivity index (χ2n) is 6.09. The summed E-state index contributed by atoms with van der Waals surface area (Å²) in [6.07, 6.45) is -0.0669. The minimum atomic E-state index is -0.421. The Hall–Kier alpha value is -2.49. The molecule has 3 rings (SSSR count). The predicted molar refractivity (Wildman–Crippen MR) is 111 cm³/mol. The van der Waals surface area contributed by atoms with Crippen LogP contribution in [0.15, 0.2) is 50.7 Å². The minimum absolute atomic E-state index is 0.108. The van der Waals surface area contributed by atoms with Crippen LogP contribution in [0.3, 0.4) is 0 Å². The highest BCUT2D eigenvalue weighted by Crippen LogP contribution is 2.31. The quantitative estimate of drug-likeness (QED) is 0.260. The molecule has 0 unspecified atom stereocenters. The van der Waals surface area contributed by atoms with Gasteiger partial charge in [0.25, 0.3) is 0 Å². The van der Waals surface area contributed by atoms with Crippen LogP contribution in [-0.4, -0.2) is 33.6 Å². The first-order valence-electron chi connectivity index (χ1n) is 8.44. The number of rotatable bonds is 8. The lowest BCUT2D eigenvalue weighted by atomic mass is 10.0. The van der Waals surface area contributed by atoms with Crippen molar-refractivity contribution in [2.75, 3.05) is 6.61 Å². The number of carbonyl (C=O) groups excluding carboxylic acids is 1. The molecule has 0 atom stereocenters. The Morgan fingerprint density at radius 1 is 1.23 bits per heavy atom. The van der Waals surface area contributed by atoms with Gasteiger partial charge in [-0.15, -0.1) is 0 Å². The lowest BCUT2D eigenvalue weighted by Gasteiger charge is -2.08. The lowest BCUT2D eigenvalue weighted by Crippen LogP contribution is -2.17. The second-order valence-corrected chi connectivity index (χ2v) is 7.73. The van der Waals surface area contributed by atoms with E-state index in [0.29, 0.717) is 10.6 Å². The topological polar surface area (TPSA) is 97.8 Å². The largest absolute Gasteiger partial charge is 0.484 e. The van der Waals surface area contributed by atoms with Crippen molar-refractivity contribution in [3.63, 3.8) is 0 Å². The third-order valence-electron chi connectivity index (χ3n) is 3.98. The summed E-state index contributed by atoms with van der Waals surface area (Å²) in [6.45, 7) is -0.289. The summed E-state index contributed by atoms with van der Waals surface area (Å²) in [5, 5.41) is 20.6. The third kappa shape index (κ3) is 5.35. The summed E-state index contributed by atoms with van der Waals surface area (Å²) >= 11 is 15.0. The summed E-state index contributed by atoms with van der Waals surface area (Å²) in [4.78, 5) is 12.3. The van der Waals surface area contributed by atoms with E-state index in [1.807, 2.05) is 0 Å². The van der Waals surface area contributed by atoms with Crippen molar-refractivity contribution in [2.45, 2.75) is 12.8 Å². The van der Waals surface area contributed by atoms with Crippen molar-refractivity contribution in [3.8, 4) is 5.75 Å². The van der Waals surface area contributed by atoms with E-state index in [9.17, 15) is 14.4 Å². The number of ether oxygens (including phenoxy) is 1. The van der Waals surface area contributed by atoms with Gasteiger partial charge in [0.15, 0.2) is 11.5 Å². The molecular weight excluding hydrogens is 504 g/mol. The maximum Gasteiger partial charge on any atom is 0.176 e. The number of benzene rings is 2. The molecule has 1 heterocycles. The standard InChI is InChI=1S/C19H13BrCl2FN3O4/c20-12-6-10(4-5-14(12)23)7-15(24-28)19-16(25-30-26-19)8-11(27)9-29-17-3-1-2-13(21)18(17)22/h1-6,28H,7-9H2. The van der Waals surface area contributed by atoms with Crippen LogP contribution in [0.1, 0.15) is 17.0 Å². The number of Topliss-reactive ketones (excluding diaryl/α,β-unsaturated/α-hetero) is 1. The van der Waals surface area contributed by atoms with Crippen LogP contribution in [0.2, 0.25) is 10.0 Å². The van der Waals surface area contributed by atoms with E-state index >= 15 is 0 Å². The van der Waals surface area contributed by atoms with Gasteiger partial charge in [-0.1, -0.05) is 45.6 Å². The smallest absolute Gasteiger partial charge is 0.176 e. The molecule has 0 aliphatic heterocycles. The van der Waals surface area contributed by atoms with E-state index in [-0.39, 0.29) is 57.6 Å². The summed E-state index contributed by atoms with van der Waals surface area (Å²) in [5.74, 6) is -0.490. The first-order chi connectivity index (χ1) is 14.4. The van der Waals surface area contributed by atoms with Crippen molar-refractivity contribution in [1.29, 1.82) is 0 Å². The summed E-state index contributed by atoms with van der Waals surface area (Å²) in [6, 6.07) is 9.18. The van der Waals surface area contributed by atoms with Crippen LogP contribution in [0, 0.1) is 5.82 Å². The summed E-state index contributed by atoms with van der Waals surface area (Å²) in [7, 11) is 0. The van der Waals surface area contributed by atoms with E-state index in [2.05, 4.69) is 31.4 Å². The van der Waals surface area contributed by atoms with Crippen LogP contribution in [0.25, 0.3) is 0 Å². The zero-order valence-corrected chi connectivity index (χ0v) is 18.2. The lowest BCUT2D eigenvalue weighted by molar-refractivity contribution is -0.120. The zero-order chi connectivity index (χ0) is 21.7.